The molecule has 0 aliphatic heterocycles. The molecule has 3 N–H and O–H groups in total. The number of carbonyl (C=O) groups excluding carboxylic acids is 1. The summed E-state index contributed by atoms with van der Waals surface area (Å²) in [6.07, 6.45) is 9.88. The van der Waals surface area contributed by atoms with Gasteiger partial charge in [0, 0.05) is 30.5 Å². The summed E-state index contributed by atoms with van der Waals surface area (Å²) in [6.45, 7) is 0.289. The highest BCUT2D eigenvalue weighted by atomic mass is 32.1. The van der Waals surface area contributed by atoms with Gasteiger partial charge in [0.1, 0.15) is 23.1 Å². The molecule has 35 heavy (non-hydrogen) atoms. The largest absolute Gasteiger partial charge is 0.395 e. The van der Waals surface area contributed by atoms with E-state index in [2.05, 4.69) is 25.4 Å². The number of halogens is 2. The number of thiazole rings is 1. The summed E-state index contributed by atoms with van der Waals surface area (Å²) < 4.78 is 34.7. The Morgan fingerprint density at radius 2 is 2.11 bits per heavy atom. The van der Waals surface area contributed by atoms with Crippen LogP contribution in [-0.4, -0.2) is 45.0 Å². The molecule has 0 unspecified atom stereocenters. The summed E-state index contributed by atoms with van der Waals surface area (Å²) in [6, 6.07) is 1.90. The number of methoxy groups -OCH3 is 1. The topological polar surface area (TPSA) is 120 Å². The van der Waals surface area contributed by atoms with Crippen LogP contribution in [-0.2, 0) is 11.5 Å². The molecule has 0 radical (unpaired) electrons. The van der Waals surface area contributed by atoms with Crippen molar-refractivity contribution in [3.05, 3.63) is 58.8 Å². The van der Waals surface area contributed by atoms with Crippen LogP contribution in [0.3, 0.4) is 0 Å². The van der Waals surface area contributed by atoms with Gasteiger partial charge in [-0.15, -0.1) is 11.3 Å². The smallest absolute Gasteiger partial charge is 0.275 e. The van der Waals surface area contributed by atoms with Crippen molar-refractivity contribution in [2.45, 2.75) is 44.9 Å². The number of allylic oxidation sites excluding steroid dienone is 1. The molecular weight excluding hydrogens is 476 g/mol. The lowest BCUT2D eigenvalue weighted by Gasteiger charge is -2.18. The predicted octanol–water partition coefficient (Wildman–Crippen LogP) is 3.74. The van der Waals surface area contributed by atoms with E-state index in [4.69, 9.17) is 10.5 Å². The molecule has 1 fully saturated rings. The molecule has 3 aromatic rings. The standard InChI is InChI=1S/C23H25F2N7O2S/c1-34-13-32-11-14(9-28-32)23-30-18(12-35-23)22(33)29-17(10-27-15-5-3-2-4-6-15)20(26)21-16(24)7-8-19(25)31-21/h7-12,15H,2-6,13,26H2,1H3,(H,29,33)/b20-17+,27-10?. The van der Waals surface area contributed by atoms with E-state index in [0.717, 1.165) is 49.8 Å². The van der Waals surface area contributed by atoms with Gasteiger partial charge >= 0.3 is 0 Å². The molecular formula is C23H25F2N7O2S. The van der Waals surface area contributed by atoms with Crippen LogP contribution < -0.4 is 11.1 Å². The van der Waals surface area contributed by atoms with E-state index in [1.807, 2.05) is 0 Å². The van der Waals surface area contributed by atoms with Gasteiger partial charge in [0.05, 0.1) is 23.6 Å². The molecule has 1 amide bonds. The van der Waals surface area contributed by atoms with Gasteiger partial charge in [0.25, 0.3) is 5.91 Å². The Labute approximate surface area is 204 Å². The first-order valence-electron chi connectivity index (χ1n) is 11.1. The Hall–Kier alpha value is -3.51. The summed E-state index contributed by atoms with van der Waals surface area (Å²) in [5, 5.41) is 8.99. The SMILES string of the molecule is COCn1cc(-c2nc(C(=O)N/C(C=NC3CCCCC3)=C(/N)c3nc(F)ccc3F)cs2)cn1. The van der Waals surface area contributed by atoms with Crippen LogP contribution in [0.1, 0.15) is 48.3 Å². The maximum Gasteiger partial charge on any atom is 0.275 e. The Bertz CT molecular complexity index is 1250. The fourth-order valence-electron chi connectivity index (χ4n) is 3.69. The number of nitrogens with zero attached hydrogens (tertiary/aromatic N) is 5. The van der Waals surface area contributed by atoms with Crippen molar-refractivity contribution >= 4 is 29.2 Å². The Morgan fingerprint density at radius 1 is 1.31 bits per heavy atom. The van der Waals surface area contributed by atoms with Gasteiger partial charge in [0.2, 0.25) is 5.95 Å². The highest BCUT2D eigenvalue weighted by Crippen LogP contribution is 2.24. The lowest BCUT2D eigenvalue weighted by Crippen LogP contribution is -2.27. The summed E-state index contributed by atoms with van der Waals surface area (Å²) in [5.41, 5.74) is 6.40. The zero-order valence-corrected chi connectivity index (χ0v) is 19.9. The van der Waals surface area contributed by atoms with Crippen LogP contribution in [0.5, 0.6) is 0 Å². The lowest BCUT2D eigenvalue weighted by atomic mass is 9.96. The molecule has 0 aromatic carbocycles. The molecule has 3 heterocycles. The van der Waals surface area contributed by atoms with Crippen molar-refractivity contribution < 1.29 is 18.3 Å². The van der Waals surface area contributed by atoms with Gasteiger partial charge < -0.3 is 15.8 Å². The second-order valence-electron chi connectivity index (χ2n) is 8.04. The van der Waals surface area contributed by atoms with Crippen molar-refractivity contribution in [2.75, 3.05) is 7.11 Å². The van der Waals surface area contributed by atoms with Gasteiger partial charge in [-0.3, -0.25) is 9.79 Å². The third-order valence-electron chi connectivity index (χ3n) is 5.47. The quantitative estimate of drug-likeness (QED) is 0.358. The molecule has 1 aliphatic carbocycles. The third kappa shape index (κ3) is 6.14. The number of carbonyl (C=O) groups is 1. The second kappa shape index (κ2) is 11.3. The molecule has 0 saturated heterocycles. The molecule has 184 valence electrons. The molecule has 9 nitrogen and oxygen atoms in total. The van der Waals surface area contributed by atoms with Crippen molar-refractivity contribution in [1.82, 2.24) is 25.1 Å². The molecule has 1 saturated carbocycles. The molecule has 1 aliphatic rings. The fraction of sp³-hybridized carbons (Fsp3) is 0.348. The van der Waals surface area contributed by atoms with E-state index in [-0.39, 0.29) is 29.9 Å². The molecule has 0 spiro atoms. The zero-order valence-electron chi connectivity index (χ0n) is 19.1. The normalized spacial score (nSPS) is 15.4. The lowest BCUT2D eigenvalue weighted by molar-refractivity contribution is 0.0964. The molecule has 0 atom stereocenters. The molecule has 4 rings (SSSR count). The molecule has 0 bridgehead atoms. The van der Waals surface area contributed by atoms with E-state index in [1.165, 1.54) is 17.6 Å². The maximum atomic E-state index is 14.4. The second-order valence-corrected chi connectivity index (χ2v) is 8.90. The predicted molar refractivity (Wildman–Crippen MR) is 128 cm³/mol. The van der Waals surface area contributed by atoms with Gasteiger partial charge in [-0.2, -0.15) is 9.49 Å². The van der Waals surface area contributed by atoms with Crippen LogP contribution in [0.25, 0.3) is 16.3 Å². The number of rotatable bonds is 8. The number of aliphatic imine (C=N–C) groups is 1. The first-order chi connectivity index (χ1) is 16.9. The summed E-state index contributed by atoms with van der Waals surface area (Å²) >= 11 is 1.27. The minimum atomic E-state index is -0.891. The van der Waals surface area contributed by atoms with E-state index in [9.17, 15) is 13.6 Å². The number of ether oxygens (including phenoxy) is 1. The minimum Gasteiger partial charge on any atom is -0.395 e. The Balaban J connectivity index is 1.60. The van der Waals surface area contributed by atoms with Gasteiger partial charge in [0.15, 0.2) is 5.82 Å². The average molecular weight is 502 g/mol. The number of aromatic nitrogens is 4. The average Bonchev–Trinajstić information content (AvgIpc) is 3.54. The summed E-state index contributed by atoms with van der Waals surface area (Å²) in [7, 11) is 1.56. The minimum absolute atomic E-state index is 0.0278. The number of hydrogen-bond acceptors (Lipinski definition) is 8. The molecule has 12 heteroatoms. The number of amides is 1. The monoisotopic (exact) mass is 501 g/mol. The van der Waals surface area contributed by atoms with Crippen LogP contribution in [0.2, 0.25) is 0 Å². The van der Waals surface area contributed by atoms with Crippen molar-refractivity contribution in [1.29, 1.82) is 0 Å². The maximum absolute atomic E-state index is 14.4. The zero-order chi connectivity index (χ0) is 24.8. The number of nitrogens with two attached hydrogens (primary N) is 1. The first-order valence-corrected chi connectivity index (χ1v) is 12.0. The summed E-state index contributed by atoms with van der Waals surface area (Å²) in [4.78, 5) is 25.5. The molecule has 3 aromatic heterocycles. The van der Waals surface area contributed by atoms with Crippen LogP contribution in [0, 0.1) is 11.8 Å². The van der Waals surface area contributed by atoms with Crippen LogP contribution >= 0.6 is 11.3 Å². The van der Waals surface area contributed by atoms with Crippen LogP contribution in [0.4, 0.5) is 8.78 Å². The van der Waals surface area contributed by atoms with Gasteiger partial charge in [-0.25, -0.2) is 19.0 Å². The van der Waals surface area contributed by atoms with Crippen LogP contribution in [0.15, 0.2) is 40.6 Å². The first kappa shape index (κ1) is 24.6. The Kier molecular flexibility index (Phi) is 7.93. The van der Waals surface area contributed by atoms with Crippen molar-refractivity contribution in [3.63, 3.8) is 0 Å². The fourth-order valence-corrected chi connectivity index (χ4v) is 4.46. The van der Waals surface area contributed by atoms with Gasteiger partial charge in [-0.05, 0) is 25.0 Å². The summed E-state index contributed by atoms with van der Waals surface area (Å²) in [5.74, 6) is -2.27. The van der Waals surface area contributed by atoms with Crippen molar-refractivity contribution in [2.24, 2.45) is 10.7 Å². The van der Waals surface area contributed by atoms with E-state index in [0.29, 0.717) is 5.01 Å². The number of pyridine rings is 1. The highest BCUT2D eigenvalue weighted by Gasteiger charge is 2.19. The number of nitrogens with one attached hydrogen (secondary N) is 1. The van der Waals surface area contributed by atoms with E-state index in [1.54, 1.807) is 29.6 Å². The van der Waals surface area contributed by atoms with E-state index >= 15 is 0 Å². The third-order valence-corrected chi connectivity index (χ3v) is 6.36. The highest BCUT2D eigenvalue weighted by molar-refractivity contribution is 7.13. The van der Waals surface area contributed by atoms with Crippen molar-refractivity contribution in [3.8, 4) is 10.6 Å². The number of hydrogen-bond donors (Lipinski definition) is 2. The van der Waals surface area contributed by atoms with E-state index < -0.39 is 23.4 Å². The van der Waals surface area contributed by atoms with Gasteiger partial charge in [-0.1, -0.05) is 19.3 Å². The Morgan fingerprint density at radius 3 is 2.89 bits per heavy atom.